The molecule has 1 atom stereocenters. The lowest BCUT2D eigenvalue weighted by atomic mass is 9.99. The van der Waals surface area contributed by atoms with Crippen LogP contribution in [0.2, 0.25) is 0 Å². The number of hydrogen-bond donors (Lipinski definition) is 2. The molecule has 6 heteroatoms. The standard InChI is InChI=1S/C21H35N3O.2ClH/c1-18-7-6-14-24(16-18)17-20-11-9-19(10-12-20)15-23-21(25)8-4-2-3-5-13-22;;/h9-12,18H,2-8,13-17,22H2,1H3,(H,23,25);2*1H. The number of carbonyl (C=O) groups excluding carboxylic acids is 1. The van der Waals surface area contributed by atoms with Gasteiger partial charge in [0.2, 0.25) is 5.91 Å². The molecule has 0 aromatic heterocycles. The van der Waals surface area contributed by atoms with Gasteiger partial charge in [0, 0.05) is 26.1 Å². The van der Waals surface area contributed by atoms with Gasteiger partial charge in [-0.25, -0.2) is 0 Å². The van der Waals surface area contributed by atoms with Crippen LogP contribution < -0.4 is 11.1 Å². The van der Waals surface area contributed by atoms with Crippen LogP contribution in [0, 0.1) is 5.92 Å². The summed E-state index contributed by atoms with van der Waals surface area (Å²) in [6.07, 6.45) is 7.54. The number of benzene rings is 1. The van der Waals surface area contributed by atoms with Crippen LogP contribution in [0.3, 0.4) is 0 Å². The number of likely N-dealkylation sites (tertiary alicyclic amines) is 1. The number of nitrogens with one attached hydrogen (secondary N) is 1. The van der Waals surface area contributed by atoms with Crippen molar-refractivity contribution in [3.05, 3.63) is 35.4 Å². The summed E-state index contributed by atoms with van der Waals surface area (Å²) in [5.41, 5.74) is 8.01. The fourth-order valence-corrected chi connectivity index (χ4v) is 3.52. The summed E-state index contributed by atoms with van der Waals surface area (Å²) in [5.74, 6) is 0.970. The van der Waals surface area contributed by atoms with E-state index in [0.717, 1.165) is 44.7 Å². The fraction of sp³-hybridized carbons (Fsp3) is 0.667. The minimum Gasteiger partial charge on any atom is -0.352 e. The van der Waals surface area contributed by atoms with Crippen molar-refractivity contribution in [3.8, 4) is 0 Å². The maximum absolute atomic E-state index is 11.9. The molecule has 0 bridgehead atoms. The van der Waals surface area contributed by atoms with Crippen LogP contribution in [-0.2, 0) is 17.9 Å². The van der Waals surface area contributed by atoms with Gasteiger partial charge in [0.05, 0.1) is 0 Å². The minimum absolute atomic E-state index is 0. The van der Waals surface area contributed by atoms with E-state index >= 15 is 0 Å². The van der Waals surface area contributed by atoms with Crippen molar-refractivity contribution in [2.24, 2.45) is 11.7 Å². The molecule has 0 radical (unpaired) electrons. The number of piperidine rings is 1. The molecule has 1 fully saturated rings. The quantitative estimate of drug-likeness (QED) is 0.558. The largest absolute Gasteiger partial charge is 0.352 e. The van der Waals surface area contributed by atoms with Crippen molar-refractivity contribution in [1.29, 1.82) is 0 Å². The highest BCUT2D eigenvalue weighted by molar-refractivity contribution is 5.85. The van der Waals surface area contributed by atoms with Gasteiger partial charge in [-0.1, -0.05) is 44.0 Å². The van der Waals surface area contributed by atoms with Gasteiger partial charge < -0.3 is 11.1 Å². The van der Waals surface area contributed by atoms with E-state index < -0.39 is 0 Å². The summed E-state index contributed by atoms with van der Waals surface area (Å²) in [6, 6.07) is 8.69. The van der Waals surface area contributed by atoms with Crippen LogP contribution in [0.1, 0.15) is 63.0 Å². The molecule has 0 saturated carbocycles. The molecule has 27 heavy (non-hydrogen) atoms. The Hall–Kier alpha value is -0.810. The summed E-state index contributed by atoms with van der Waals surface area (Å²) >= 11 is 0. The van der Waals surface area contributed by atoms with Gasteiger partial charge in [-0.15, -0.1) is 24.8 Å². The molecule has 1 aliphatic rings. The van der Waals surface area contributed by atoms with Crippen LogP contribution >= 0.6 is 24.8 Å². The molecule has 4 nitrogen and oxygen atoms in total. The molecule has 1 aliphatic heterocycles. The number of hydrogen-bond acceptors (Lipinski definition) is 3. The topological polar surface area (TPSA) is 58.4 Å². The zero-order valence-electron chi connectivity index (χ0n) is 16.6. The van der Waals surface area contributed by atoms with Crippen molar-refractivity contribution >= 4 is 30.7 Å². The third kappa shape index (κ3) is 10.9. The first-order valence-electron chi connectivity index (χ1n) is 9.94. The lowest BCUT2D eigenvalue weighted by Gasteiger charge is -2.30. The van der Waals surface area contributed by atoms with E-state index in [1.54, 1.807) is 0 Å². The zero-order chi connectivity index (χ0) is 17.9. The molecular formula is C21H37Cl2N3O. The van der Waals surface area contributed by atoms with Crippen LogP contribution in [0.5, 0.6) is 0 Å². The Morgan fingerprint density at radius 2 is 1.78 bits per heavy atom. The molecule has 156 valence electrons. The van der Waals surface area contributed by atoms with Gasteiger partial charge in [0.1, 0.15) is 0 Å². The maximum atomic E-state index is 11.9. The molecule has 0 aliphatic carbocycles. The Balaban J connectivity index is 0.00000338. The van der Waals surface area contributed by atoms with E-state index in [4.69, 9.17) is 5.73 Å². The third-order valence-electron chi connectivity index (χ3n) is 5.02. The molecule has 1 aromatic rings. The monoisotopic (exact) mass is 417 g/mol. The maximum Gasteiger partial charge on any atom is 0.220 e. The second-order valence-corrected chi connectivity index (χ2v) is 7.53. The third-order valence-corrected chi connectivity index (χ3v) is 5.02. The van der Waals surface area contributed by atoms with E-state index in [1.807, 2.05) is 0 Å². The average Bonchev–Trinajstić information content (AvgIpc) is 2.61. The summed E-state index contributed by atoms with van der Waals surface area (Å²) in [7, 11) is 0. The first-order valence-corrected chi connectivity index (χ1v) is 9.94. The van der Waals surface area contributed by atoms with Crippen molar-refractivity contribution < 1.29 is 4.79 Å². The predicted octanol–water partition coefficient (Wildman–Crippen LogP) is 4.29. The van der Waals surface area contributed by atoms with Crippen LogP contribution in [0.25, 0.3) is 0 Å². The molecule has 1 aromatic carbocycles. The van der Waals surface area contributed by atoms with E-state index in [2.05, 4.69) is 41.4 Å². The van der Waals surface area contributed by atoms with Gasteiger partial charge >= 0.3 is 0 Å². The van der Waals surface area contributed by atoms with Crippen molar-refractivity contribution in [3.63, 3.8) is 0 Å². The normalized spacial score (nSPS) is 16.9. The van der Waals surface area contributed by atoms with Crippen LogP contribution in [-0.4, -0.2) is 30.4 Å². The zero-order valence-corrected chi connectivity index (χ0v) is 18.3. The van der Waals surface area contributed by atoms with Crippen LogP contribution in [0.4, 0.5) is 0 Å². The van der Waals surface area contributed by atoms with E-state index in [1.165, 1.54) is 37.1 Å². The summed E-state index contributed by atoms with van der Waals surface area (Å²) in [6.45, 7) is 7.19. The Morgan fingerprint density at radius 1 is 1.11 bits per heavy atom. The Kier molecular flexibility index (Phi) is 14.7. The smallest absolute Gasteiger partial charge is 0.220 e. The minimum atomic E-state index is 0. The molecule has 1 heterocycles. The van der Waals surface area contributed by atoms with Gasteiger partial charge in [0.15, 0.2) is 0 Å². The van der Waals surface area contributed by atoms with Crippen molar-refractivity contribution in [2.45, 2.75) is 65.0 Å². The van der Waals surface area contributed by atoms with Crippen molar-refractivity contribution in [2.75, 3.05) is 19.6 Å². The Morgan fingerprint density at radius 3 is 2.44 bits per heavy atom. The fourth-order valence-electron chi connectivity index (χ4n) is 3.52. The van der Waals surface area contributed by atoms with Gasteiger partial charge in [-0.2, -0.15) is 0 Å². The molecule has 1 amide bonds. The number of halogens is 2. The molecule has 1 saturated heterocycles. The van der Waals surface area contributed by atoms with Gasteiger partial charge in [0.25, 0.3) is 0 Å². The molecule has 2 rings (SSSR count). The van der Waals surface area contributed by atoms with E-state index in [0.29, 0.717) is 13.0 Å². The number of amides is 1. The molecule has 3 N–H and O–H groups in total. The Bertz CT molecular complexity index is 511. The predicted molar refractivity (Wildman–Crippen MR) is 119 cm³/mol. The van der Waals surface area contributed by atoms with E-state index in [9.17, 15) is 4.79 Å². The highest BCUT2D eigenvalue weighted by Crippen LogP contribution is 2.18. The Labute approximate surface area is 177 Å². The summed E-state index contributed by atoms with van der Waals surface area (Å²) in [5, 5.41) is 3.02. The highest BCUT2D eigenvalue weighted by atomic mass is 35.5. The number of rotatable bonds is 10. The first kappa shape index (κ1) is 26.2. The van der Waals surface area contributed by atoms with Gasteiger partial charge in [-0.3, -0.25) is 9.69 Å². The number of unbranched alkanes of at least 4 members (excludes halogenated alkanes) is 3. The summed E-state index contributed by atoms with van der Waals surface area (Å²) in [4.78, 5) is 14.4. The highest BCUT2D eigenvalue weighted by Gasteiger charge is 2.16. The van der Waals surface area contributed by atoms with Gasteiger partial charge in [-0.05, 0) is 55.8 Å². The SMILES string of the molecule is CC1CCCN(Cc2ccc(CNC(=O)CCCCCCN)cc2)C1.Cl.Cl. The first-order chi connectivity index (χ1) is 12.2. The number of carbonyl (C=O) groups is 1. The molecule has 1 unspecified atom stereocenters. The van der Waals surface area contributed by atoms with Crippen molar-refractivity contribution in [1.82, 2.24) is 10.2 Å². The summed E-state index contributed by atoms with van der Waals surface area (Å²) < 4.78 is 0. The van der Waals surface area contributed by atoms with Crippen LogP contribution in [0.15, 0.2) is 24.3 Å². The average molecular weight is 418 g/mol. The number of nitrogens with two attached hydrogens (primary N) is 1. The lowest BCUT2D eigenvalue weighted by Crippen LogP contribution is -2.33. The van der Waals surface area contributed by atoms with E-state index in [-0.39, 0.29) is 30.7 Å². The number of nitrogens with zero attached hydrogens (tertiary/aromatic N) is 1. The second kappa shape index (κ2) is 15.2. The second-order valence-electron chi connectivity index (χ2n) is 7.53. The molecule has 0 spiro atoms. The lowest BCUT2D eigenvalue weighted by molar-refractivity contribution is -0.121. The molecular weight excluding hydrogens is 381 g/mol.